The van der Waals surface area contributed by atoms with Crippen LogP contribution in [0.15, 0.2) is 53.7 Å². The molecule has 0 saturated heterocycles. The minimum atomic E-state index is -0.247. The molecule has 0 unspecified atom stereocenters. The predicted octanol–water partition coefficient (Wildman–Crippen LogP) is 4.81. The Morgan fingerprint density at radius 1 is 1.04 bits per heavy atom. The van der Waals surface area contributed by atoms with Gasteiger partial charge >= 0.3 is 0 Å². The van der Waals surface area contributed by atoms with Crippen LogP contribution >= 0.6 is 11.8 Å². The summed E-state index contributed by atoms with van der Waals surface area (Å²) < 4.78 is 15.2. The zero-order valence-corrected chi connectivity index (χ0v) is 15.4. The van der Waals surface area contributed by atoms with Crippen LogP contribution in [0.2, 0.25) is 0 Å². The maximum Gasteiger partial charge on any atom is 0.232 e. The minimum absolute atomic E-state index is 0.247. The number of thioether (sulfide) groups is 1. The lowest BCUT2D eigenvalue weighted by atomic mass is 10.2. The smallest absolute Gasteiger partial charge is 0.232 e. The van der Waals surface area contributed by atoms with Crippen molar-refractivity contribution >= 4 is 23.4 Å². The monoisotopic (exact) mass is 356 g/mol. The second-order valence-corrected chi connectivity index (χ2v) is 6.78. The van der Waals surface area contributed by atoms with E-state index in [4.69, 9.17) is 0 Å². The van der Waals surface area contributed by atoms with Crippen molar-refractivity contribution in [1.82, 2.24) is 14.8 Å². The first-order valence-corrected chi connectivity index (χ1v) is 9.18. The molecule has 2 aromatic carbocycles. The Labute approximate surface area is 151 Å². The summed E-state index contributed by atoms with van der Waals surface area (Å²) in [6.07, 6.45) is 0. The number of hydrogen-bond donors (Lipinski definition) is 0. The molecule has 0 amide bonds. The van der Waals surface area contributed by atoms with Gasteiger partial charge in [0.2, 0.25) is 5.95 Å². The standard InChI is InChI=1S/C19H21FN4S/c1-4-24-18(23(3)17-11-9-16(20)10-12-17)21-22-19(24)25-13-15-7-5-14(2)6-8-15/h5-12H,4,13H2,1-3H3. The first-order valence-electron chi connectivity index (χ1n) is 8.19. The molecule has 0 aliphatic heterocycles. The maximum absolute atomic E-state index is 13.1. The summed E-state index contributed by atoms with van der Waals surface area (Å²) in [7, 11) is 1.91. The van der Waals surface area contributed by atoms with Gasteiger partial charge in [0, 0.05) is 25.0 Å². The van der Waals surface area contributed by atoms with Crippen LogP contribution in [0.5, 0.6) is 0 Å². The third-order valence-electron chi connectivity index (χ3n) is 4.02. The molecule has 0 atom stereocenters. The second kappa shape index (κ2) is 7.70. The van der Waals surface area contributed by atoms with Crippen molar-refractivity contribution in [3.8, 4) is 0 Å². The largest absolute Gasteiger partial charge is 0.314 e. The average molecular weight is 356 g/mol. The highest BCUT2D eigenvalue weighted by Gasteiger charge is 2.16. The molecular weight excluding hydrogens is 335 g/mol. The van der Waals surface area contributed by atoms with Crippen molar-refractivity contribution in [2.45, 2.75) is 31.3 Å². The van der Waals surface area contributed by atoms with E-state index in [-0.39, 0.29) is 5.82 Å². The number of aromatic nitrogens is 3. The van der Waals surface area contributed by atoms with Crippen LogP contribution in [-0.2, 0) is 12.3 Å². The Kier molecular flexibility index (Phi) is 5.38. The van der Waals surface area contributed by atoms with Gasteiger partial charge in [-0.1, -0.05) is 41.6 Å². The summed E-state index contributed by atoms with van der Waals surface area (Å²) in [4.78, 5) is 1.92. The zero-order chi connectivity index (χ0) is 17.8. The predicted molar refractivity (Wildman–Crippen MR) is 101 cm³/mol. The van der Waals surface area contributed by atoms with Crippen molar-refractivity contribution in [2.24, 2.45) is 0 Å². The van der Waals surface area contributed by atoms with Gasteiger partial charge in [0.1, 0.15) is 5.82 Å². The first-order chi connectivity index (χ1) is 12.1. The van der Waals surface area contributed by atoms with Crippen LogP contribution in [0.1, 0.15) is 18.1 Å². The van der Waals surface area contributed by atoms with E-state index in [1.165, 1.54) is 23.3 Å². The van der Waals surface area contributed by atoms with Crippen LogP contribution in [0.25, 0.3) is 0 Å². The molecule has 130 valence electrons. The van der Waals surface area contributed by atoms with E-state index in [1.54, 1.807) is 23.9 Å². The van der Waals surface area contributed by atoms with E-state index in [0.29, 0.717) is 0 Å². The number of nitrogens with zero attached hydrogens (tertiary/aromatic N) is 4. The molecule has 0 radical (unpaired) electrons. The maximum atomic E-state index is 13.1. The third-order valence-corrected chi connectivity index (χ3v) is 5.05. The molecule has 0 aliphatic rings. The SMILES string of the molecule is CCn1c(SCc2ccc(C)cc2)nnc1N(C)c1ccc(F)cc1. The molecule has 1 heterocycles. The number of rotatable bonds is 6. The molecule has 3 rings (SSSR count). The molecule has 25 heavy (non-hydrogen) atoms. The fourth-order valence-electron chi connectivity index (χ4n) is 2.52. The van der Waals surface area contributed by atoms with Crippen molar-refractivity contribution in [2.75, 3.05) is 11.9 Å². The fraction of sp³-hybridized carbons (Fsp3) is 0.263. The van der Waals surface area contributed by atoms with Gasteiger partial charge in [-0.05, 0) is 43.7 Å². The summed E-state index contributed by atoms with van der Waals surface area (Å²) in [6, 6.07) is 14.9. The highest BCUT2D eigenvalue weighted by Crippen LogP contribution is 2.28. The van der Waals surface area contributed by atoms with E-state index in [9.17, 15) is 4.39 Å². The van der Waals surface area contributed by atoms with Gasteiger partial charge in [0.25, 0.3) is 0 Å². The average Bonchev–Trinajstić information content (AvgIpc) is 3.04. The summed E-state index contributed by atoms with van der Waals surface area (Å²) in [5.74, 6) is 1.35. The topological polar surface area (TPSA) is 34.0 Å². The molecule has 0 bridgehead atoms. The molecular formula is C19H21FN4S. The molecule has 0 N–H and O–H groups in total. The second-order valence-electron chi connectivity index (χ2n) is 5.84. The number of anilines is 2. The number of hydrogen-bond acceptors (Lipinski definition) is 4. The van der Waals surface area contributed by atoms with Crippen molar-refractivity contribution in [3.05, 3.63) is 65.5 Å². The normalized spacial score (nSPS) is 10.9. The van der Waals surface area contributed by atoms with Crippen molar-refractivity contribution < 1.29 is 4.39 Å². The number of benzene rings is 2. The summed E-state index contributed by atoms with van der Waals surface area (Å²) in [5, 5.41) is 9.56. The number of halogens is 1. The Morgan fingerprint density at radius 3 is 2.36 bits per heavy atom. The summed E-state index contributed by atoms with van der Waals surface area (Å²) in [5.41, 5.74) is 3.39. The Bertz CT molecular complexity index is 828. The van der Waals surface area contributed by atoms with E-state index in [0.717, 1.165) is 29.1 Å². The fourth-order valence-corrected chi connectivity index (χ4v) is 3.48. The number of aryl methyl sites for hydroxylation is 1. The van der Waals surface area contributed by atoms with Crippen LogP contribution in [0, 0.1) is 12.7 Å². The lowest BCUT2D eigenvalue weighted by Gasteiger charge is -2.19. The van der Waals surface area contributed by atoms with Crippen LogP contribution in [0.4, 0.5) is 16.0 Å². The van der Waals surface area contributed by atoms with E-state index in [2.05, 4.69) is 52.9 Å². The van der Waals surface area contributed by atoms with Gasteiger partial charge in [0.05, 0.1) is 0 Å². The van der Waals surface area contributed by atoms with Gasteiger partial charge in [-0.15, -0.1) is 10.2 Å². The molecule has 0 saturated carbocycles. The molecule has 3 aromatic rings. The third kappa shape index (κ3) is 4.02. The quantitative estimate of drug-likeness (QED) is 0.594. The molecule has 0 spiro atoms. The summed E-state index contributed by atoms with van der Waals surface area (Å²) in [6.45, 7) is 4.92. The molecule has 6 heteroatoms. The Balaban J connectivity index is 1.78. The van der Waals surface area contributed by atoms with Gasteiger partial charge in [-0.3, -0.25) is 4.57 Å². The van der Waals surface area contributed by atoms with Crippen LogP contribution < -0.4 is 4.90 Å². The summed E-state index contributed by atoms with van der Waals surface area (Å²) >= 11 is 1.67. The van der Waals surface area contributed by atoms with Crippen LogP contribution in [-0.4, -0.2) is 21.8 Å². The van der Waals surface area contributed by atoms with Crippen molar-refractivity contribution in [1.29, 1.82) is 0 Å². The van der Waals surface area contributed by atoms with Gasteiger partial charge in [-0.25, -0.2) is 4.39 Å². The molecule has 0 fully saturated rings. The van der Waals surface area contributed by atoms with Crippen molar-refractivity contribution in [3.63, 3.8) is 0 Å². The highest BCUT2D eigenvalue weighted by atomic mass is 32.2. The van der Waals surface area contributed by atoms with E-state index >= 15 is 0 Å². The molecule has 1 aromatic heterocycles. The van der Waals surface area contributed by atoms with Gasteiger partial charge in [0.15, 0.2) is 5.16 Å². The minimum Gasteiger partial charge on any atom is -0.314 e. The van der Waals surface area contributed by atoms with Gasteiger partial charge < -0.3 is 4.90 Å². The van der Waals surface area contributed by atoms with E-state index < -0.39 is 0 Å². The first kappa shape index (κ1) is 17.5. The zero-order valence-electron chi connectivity index (χ0n) is 14.6. The van der Waals surface area contributed by atoms with Gasteiger partial charge in [-0.2, -0.15) is 0 Å². The lowest BCUT2D eigenvalue weighted by Crippen LogP contribution is -2.15. The van der Waals surface area contributed by atoms with E-state index in [1.807, 2.05) is 11.9 Å². The van der Waals surface area contributed by atoms with Crippen LogP contribution in [0.3, 0.4) is 0 Å². The lowest BCUT2D eigenvalue weighted by molar-refractivity contribution is 0.627. The highest BCUT2D eigenvalue weighted by molar-refractivity contribution is 7.98. The molecule has 4 nitrogen and oxygen atoms in total. The Morgan fingerprint density at radius 2 is 1.72 bits per heavy atom. The Hall–Kier alpha value is -2.34. The molecule has 0 aliphatic carbocycles.